The van der Waals surface area contributed by atoms with Gasteiger partial charge in [0.2, 0.25) is 11.8 Å². The summed E-state index contributed by atoms with van der Waals surface area (Å²) in [6, 6.07) is 31.0. The maximum absolute atomic E-state index is 14.2. The van der Waals surface area contributed by atoms with E-state index in [1.54, 1.807) is 42.5 Å². The topological polar surface area (TPSA) is 86.8 Å². The second kappa shape index (κ2) is 13.6. The molecule has 0 heterocycles. The summed E-state index contributed by atoms with van der Waals surface area (Å²) in [5.74, 6) is -0.843. The van der Waals surface area contributed by atoms with Crippen LogP contribution in [0.3, 0.4) is 0 Å². The van der Waals surface area contributed by atoms with E-state index in [1.165, 1.54) is 24.1 Å². The van der Waals surface area contributed by atoms with Gasteiger partial charge in [0.1, 0.15) is 12.6 Å². The Bertz CT molecular complexity index is 1560. The van der Waals surface area contributed by atoms with Crippen LogP contribution >= 0.6 is 15.9 Å². The van der Waals surface area contributed by atoms with E-state index >= 15 is 0 Å². The lowest BCUT2D eigenvalue weighted by Gasteiger charge is -2.33. The third-order valence-electron chi connectivity index (χ3n) is 6.72. The highest BCUT2D eigenvalue weighted by molar-refractivity contribution is 9.10. The fourth-order valence-electron chi connectivity index (χ4n) is 4.47. The summed E-state index contributed by atoms with van der Waals surface area (Å²) in [7, 11) is -2.58. The Balaban J connectivity index is 1.77. The van der Waals surface area contributed by atoms with Crippen LogP contribution in [-0.2, 0) is 32.6 Å². The molecular formula is C32H32BrN3O4S. The predicted octanol–water partition coefficient (Wildman–Crippen LogP) is 5.34. The summed E-state index contributed by atoms with van der Waals surface area (Å²) >= 11 is 3.44. The smallest absolute Gasteiger partial charge is 0.264 e. The van der Waals surface area contributed by atoms with Gasteiger partial charge in [0.05, 0.1) is 10.6 Å². The molecule has 1 atom stereocenters. The molecule has 4 aromatic carbocycles. The Hall–Kier alpha value is -3.95. The van der Waals surface area contributed by atoms with E-state index in [-0.39, 0.29) is 23.8 Å². The number of aryl methyl sites for hydroxylation is 1. The molecule has 1 N–H and O–H groups in total. The van der Waals surface area contributed by atoms with Crippen molar-refractivity contribution in [2.24, 2.45) is 0 Å². The zero-order valence-electron chi connectivity index (χ0n) is 22.9. The van der Waals surface area contributed by atoms with Gasteiger partial charge in [-0.15, -0.1) is 0 Å². The van der Waals surface area contributed by atoms with Crippen molar-refractivity contribution in [3.05, 3.63) is 130 Å². The molecule has 0 fully saturated rings. The monoisotopic (exact) mass is 633 g/mol. The van der Waals surface area contributed by atoms with E-state index in [2.05, 4.69) is 21.2 Å². The minimum absolute atomic E-state index is 0.0694. The average Bonchev–Trinajstić information content (AvgIpc) is 2.99. The molecule has 0 saturated heterocycles. The summed E-state index contributed by atoms with van der Waals surface area (Å²) in [4.78, 5) is 29.0. The summed E-state index contributed by atoms with van der Waals surface area (Å²) in [6.07, 6.45) is 0.263. The van der Waals surface area contributed by atoms with Crippen LogP contribution in [0.2, 0.25) is 0 Å². The molecule has 212 valence electrons. The Morgan fingerprint density at radius 1 is 0.805 bits per heavy atom. The van der Waals surface area contributed by atoms with Gasteiger partial charge in [0.15, 0.2) is 0 Å². The predicted molar refractivity (Wildman–Crippen MR) is 165 cm³/mol. The Morgan fingerprint density at radius 2 is 1.39 bits per heavy atom. The van der Waals surface area contributed by atoms with Gasteiger partial charge in [-0.1, -0.05) is 94.3 Å². The largest absolute Gasteiger partial charge is 0.357 e. The van der Waals surface area contributed by atoms with Crippen LogP contribution in [0.5, 0.6) is 0 Å². The fraction of sp³-hybridized carbons (Fsp3) is 0.188. The molecule has 9 heteroatoms. The van der Waals surface area contributed by atoms with Gasteiger partial charge in [0.25, 0.3) is 10.0 Å². The number of nitrogens with one attached hydrogen (secondary N) is 1. The molecule has 0 spiro atoms. The Kier molecular flexibility index (Phi) is 9.96. The van der Waals surface area contributed by atoms with Crippen LogP contribution in [-0.4, -0.2) is 44.8 Å². The maximum Gasteiger partial charge on any atom is 0.264 e. The van der Waals surface area contributed by atoms with Crippen LogP contribution in [0.4, 0.5) is 5.69 Å². The lowest BCUT2D eigenvalue weighted by atomic mass is 10.0. The van der Waals surface area contributed by atoms with E-state index in [0.29, 0.717) is 5.69 Å². The van der Waals surface area contributed by atoms with E-state index in [0.717, 1.165) is 25.5 Å². The Morgan fingerprint density at radius 3 is 1.98 bits per heavy atom. The minimum atomic E-state index is -4.11. The number of benzene rings is 4. The first-order valence-electron chi connectivity index (χ1n) is 13.1. The van der Waals surface area contributed by atoms with Gasteiger partial charge in [-0.2, -0.15) is 0 Å². The summed E-state index contributed by atoms with van der Waals surface area (Å²) in [5.41, 5.74) is 2.99. The molecular weight excluding hydrogens is 602 g/mol. The van der Waals surface area contributed by atoms with Crippen LogP contribution in [0.25, 0.3) is 0 Å². The number of hydrogen-bond donors (Lipinski definition) is 1. The first kappa shape index (κ1) is 30.0. The summed E-state index contributed by atoms with van der Waals surface area (Å²) in [6.45, 7) is 1.53. The highest BCUT2D eigenvalue weighted by Crippen LogP contribution is 2.25. The normalized spacial score (nSPS) is 11.9. The van der Waals surface area contributed by atoms with Gasteiger partial charge in [-0.3, -0.25) is 13.9 Å². The van der Waals surface area contributed by atoms with E-state index < -0.39 is 28.5 Å². The summed E-state index contributed by atoms with van der Waals surface area (Å²) in [5, 5.41) is 2.69. The number of hydrogen-bond acceptors (Lipinski definition) is 4. The zero-order chi connectivity index (χ0) is 29.4. The SMILES string of the molecule is CNC(=O)C(Cc1ccccc1)N(Cc1ccc(Br)cc1)C(=O)CN(c1ccc(C)cc1)S(=O)(=O)c1ccccc1. The van der Waals surface area contributed by atoms with Crippen molar-refractivity contribution in [3.8, 4) is 0 Å². The summed E-state index contributed by atoms with van der Waals surface area (Å²) < 4.78 is 29.8. The van der Waals surface area contributed by atoms with Gasteiger partial charge in [-0.25, -0.2) is 8.42 Å². The van der Waals surface area contributed by atoms with Gasteiger partial charge in [0, 0.05) is 24.5 Å². The van der Waals surface area contributed by atoms with Crippen LogP contribution < -0.4 is 9.62 Å². The molecule has 41 heavy (non-hydrogen) atoms. The standard InChI is InChI=1S/C32H32BrN3O4S/c1-24-13-19-28(20-14-24)36(41(39,40)29-11-7-4-8-12-29)23-31(37)35(22-26-15-17-27(33)18-16-26)30(32(38)34-2)21-25-9-5-3-6-10-25/h3-20,30H,21-23H2,1-2H3,(H,34,38). The quantitative estimate of drug-likeness (QED) is 0.242. The molecule has 0 bridgehead atoms. The number of carbonyl (C=O) groups excluding carboxylic acids is 2. The Labute approximate surface area is 250 Å². The molecule has 0 radical (unpaired) electrons. The van der Waals surface area contributed by atoms with E-state index in [1.807, 2.05) is 61.5 Å². The molecule has 0 aliphatic rings. The maximum atomic E-state index is 14.2. The molecule has 0 aliphatic heterocycles. The lowest BCUT2D eigenvalue weighted by Crippen LogP contribution is -2.53. The second-order valence-corrected chi connectivity index (χ2v) is 12.4. The van der Waals surface area contributed by atoms with Crippen molar-refractivity contribution < 1.29 is 18.0 Å². The van der Waals surface area contributed by atoms with Crippen molar-refractivity contribution in [1.29, 1.82) is 0 Å². The van der Waals surface area contributed by atoms with Gasteiger partial charge >= 0.3 is 0 Å². The molecule has 2 amide bonds. The third-order valence-corrected chi connectivity index (χ3v) is 9.03. The molecule has 4 aromatic rings. The number of amides is 2. The highest BCUT2D eigenvalue weighted by atomic mass is 79.9. The average molecular weight is 635 g/mol. The van der Waals surface area contributed by atoms with Gasteiger partial charge in [-0.05, 0) is 54.4 Å². The minimum Gasteiger partial charge on any atom is -0.357 e. The van der Waals surface area contributed by atoms with Crippen molar-refractivity contribution in [2.45, 2.75) is 30.8 Å². The highest BCUT2D eigenvalue weighted by Gasteiger charge is 2.34. The fourth-order valence-corrected chi connectivity index (χ4v) is 6.17. The van der Waals surface area contributed by atoms with Crippen LogP contribution in [0.1, 0.15) is 16.7 Å². The second-order valence-electron chi connectivity index (χ2n) is 9.63. The third kappa shape index (κ3) is 7.62. The number of rotatable bonds is 11. The number of halogens is 1. The van der Waals surface area contributed by atoms with Gasteiger partial charge < -0.3 is 10.2 Å². The molecule has 1 unspecified atom stereocenters. The van der Waals surface area contributed by atoms with Crippen molar-refractivity contribution >= 4 is 43.5 Å². The molecule has 4 rings (SSSR count). The number of sulfonamides is 1. The molecule has 0 aliphatic carbocycles. The van der Waals surface area contributed by atoms with E-state index in [4.69, 9.17) is 0 Å². The molecule has 0 aromatic heterocycles. The lowest BCUT2D eigenvalue weighted by molar-refractivity contribution is -0.139. The van der Waals surface area contributed by atoms with Crippen LogP contribution in [0.15, 0.2) is 119 Å². The number of likely N-dealkylation sites (N-methyl/N-ethyl adjacent to an activating group) is 1. The van der Waals surface area contributed by atoms with Crippen LogP contribution in [0, 0.1) is 6.92 Å². The van der Waals surface area contributed by atoms with Crippen molar-refractivity contribution in [1.82, 2.24) is 10.2 Å². The zero-order valence-corrected chi connectivity index (χ0v) is 25.3. The van der Waals surface area contributed by atoms with E-state index in [9.17, 15) is 18.0 Å². The number of carbonyl (C=O) groups is 2. The molecule has 7 nitrogen and oxygen atoms in total. The van der Waals surface area contributed by atoms with Crippen molar-refractivity contribution in [2.75, 3.05) is 17.9 Å². The molecule has 0 saturated carbocycles. The first-order valence-corrected chi connectivity index (χ1v) is 15.4. The number of anilines is 1. The first-order chi connectivity index (χ1) is 19.7. The van der Waals surface area contributed by atoms with Crippen molar-refractivity contribution in [3.63, 3.8) is 0 Å². The number of nitrogens with zero attached hydrogens (tertiary/aromatic N) is 2.